The van der Waals surface area contributed by atoms with Crippen molar-refractivity contribution in [1.82, 2.24) is 0 Å². The van der Waals surface area contributed by atoms with Gasteiger partial charge in [0.2, 0.25) is 0 Å². The van der Waals surface area contributed by atoms with Crippen LogP contribution in [0.4, 0.5) is 0 Å². The lowest BCUT2D eigenvalue weighted by Crippen LogP contribution is -1.89. The monoisotopic (exact) mass is 208 g/mol. The summed E-state index contributed by atoms with van der Waals surface area (Å²) in [4.78, 5) is 0. The average Bonchev–Trinajstić information content (AvgIpc) is 2.06. The van der Waals surface area contributed by atoms with Crippen LogP contribution in [0.5, 0.6) is 0 Å². The van der Waals surface area contributed by atoms with Crippen LogP contribution in [0.3, 0.4) is 0 Å². The third-order valence-electron chi connectivity index (χ3n) is 1.54. The third kappa shape index (κ3) is 2.10. The van der Waals surface area contributed by atoms with E-state index in [1.807, 2.05) is 18.2 Å². The van der Waals surface area contributed by atoms with Crippen molar-refractivity contribution in [1.29, 1.82) is 0 Å². The zero-order valence-corrected chi connectivity index (χ0v) is 7.76. The number of alkyl halides is 1. The molecule has 0 saturated carbocycles. The van der Waals surface area contributed by atoms with Gasteiger partial charge in [-0.25, -0.2) is 0 Å². The summed E-state index contributed by atoms with van der Waals surface area (Å²) in [5.41, 5.74) is 2.25. The molecule has 0 N–H and O–H groups in total. The molecule has 0 radical (unpaired) electrons. The van der Waals surface area contributed by atoms with Gasteiger partial charge in [0.15, 0.2) is 0 Å². The van der Waals surface area contributed by atoms with Crippen LogP contribution in [-0.2, 0) is 6.42 Å². The Kier molecular flexibility index (Phi) is 3.19. The van der Waals surface area contributed by atoms with E-state index in [1.54, 1.807) is 0 Å². The summed E-state index contributed by atoms with van der Waals surface area (Å²) in [6, 6.07) is 8.01. The third-order valence-corrected chi connectivity index (χ3v) is 1.93. The first-order valence-electron chi connectivity index (χ1n) is 3.49. The van der Waals surface area contributed by atoms with Crippen molar-refractivity contribution in [3.63, 3.8) is 0 Å². The Labute approximate surface area is 75.8 Å². The zero-order valence-electron chi connectivity index (χ0n) is 6.18. The maximum atomic E-state index is 5.32. The quantitative estimate of drug-likeness (QED) is 0.518. The van der Waals surface area contributed by atoms with Crippen LogP contribution in [0.1, 0.15) is 11.1 Å². The molecule has 0 atom stereocenters. The minimum absolute atomic E-state index is 0.964. The summed E-state index contributed by atoms with van der Waals surface area (Å²) in [5, 5.41) is 0.964. The van der Waals surface area contributed by atoms with Crippen LogP contribution in [0.2, 0.25) is 0 Å². The SMILES string of the molecule is C#Cc1ccccc1CCBr. The van der Waals surface area contributed by atoms with Gasteiger partial charge < -0.3 is 0 Å². The minimum Gasteiger partial charge on any atom is -0.115 e. The average molecular weight is 209 g/mol. The summed E-state index contributed by atoms with van der Waals surface area (Å²) in [5.74, 6) is 2.66. The van der Waals surface area contributed by atoms with E-state index in [0.29, 0.717) is 0 Å². The standard InChI is InChI=1S/C10H9Br/c1-2-9-5-3-4-6-10(9)7-8-11/h1,3-6H,7-8H2. The highest BCUT2D eigenvalue weighted by Crippen LogP contribution is 2.08. The highest BCUT2D eigenvalue weighted by molar-refractivity contribution is 9.09. The van der Waals surface area contributed by atoms with E-state index >= 15 is 0 Å². The Bertz CT molecular complexity index is 270. The molecule has 0 aliphatic heterocycles. The van der Waals surface area contributed by atoms with Crippen molar-refractivity contribution >= 4 is 15.9 Å². The molecule has 0 aliphatic carbocycles. The molecule has 0 bridgehead atoms. The first-order chi connectivity index (χ1) is 5.38. The highest BCUT2D eigenvalue weighted by Gasteiger charge is 1.95. The van der Waals surface area contributed by atoms with Gasteiger partial charge in [-0.3, -0.25) is 0 Å². The van der Waals surface area contributed by atoms with Gasteiger partial charge >= 0.3 is 0 Å². The van der Waals surface area contributed by atoms with Crippen molar-refractivity contribution in [2.75, 3.05) is 5.33 Å². The fraction of sp³-hybridized carbons (Fsp3) is 0.200. The van der Waals surface area contributed by atoms with Gasteiger partial charge in [-0.05, 0) is 18.1 Å². The van der Waals surface area contributed by atoms with Gasteiger partial charge in [-0.2, -0.15) is 0 Å². The second-order valence-electron chi connectivity index (χ2n) is 2.24. The molecule has 1 aromatic rings. The van der Waals surface area contributed by atoms with Gasteiger partial charge in [0.1, 0.15) is 0 Å². The fourth-order valence-corrected chi connectivity index (χ4v) is 1.41. The van der Waals surface area contributed by atoms with Crippen LogP contribution in [0, 0.1) is 12.3 Å². The van der Waals surface area contributed by atoms with Crippen molar-refractivity contribution in [3.8, 4) is 12.3 Å². The highest BCUT2D eigenvalue weighted by atomic mass is 79.9. The molecule has 0 aliphatic rings. The second-order valence-corrected chi connectivity index (χ2v) is 3.03. The Morgan fingerprint density at radius 2 is 2.09 bits per heavy atom. The lowest BCUT2D eigenvalue weighted by atomic mass is 10.1. The molecule has 0 nitrogen and oxygen atoms in total. The van der Waals surface area contributed by atoms with Crippen molar-refractivity contribution in [2.45, 2.75) is 6.42 Å². The lowest BCUT2D eigenvalue weighted by Gasteiger charge is -1.99. The molecule has 1 aromatic carbocycles. The van der Waals surface area contributed by atoms with E-state index in [9.17, 15) is 0 Å². The molecule has 1 rings (SSSR count). The molecular formula is C10H9Br. The number of hydrogen-bond acceptors (Lipinski definition) is 0. The number of rotatable bonds is 2. The molecule has 0 fully saturated rings. The van der Waals surface area contributed by atoms with Crippen molar-refractivity contribution < 1.29 is 0 Å². The van der Waals surface area contributed by atoms with Gasteiger partial charge in [0.05, 0.1) is 0 Å². The first kappa shape index (κ1) is 8.36. The van der Waals surface area contributed by atoms with E-state index in [-0.39, 0.29) is 0 Å². The smallest absolute Gasteiger partial charge is 0.0274 e. The van der Waals surface area contributed by atoms with Gasteiger partial charge in [0.25, 0.3) is 0 Å². The van der Waals surface area contributed by atoms with Gasteiger partial charge in [-0.1, -0.05) is 40.0 Å². The number of hydrogen-bond donors (Lipinski definition) is 0. The Morgan fingerprint density at radius 1 is 1.36 bits per heavy atom. The molecule has 0 heterocycles. The van der Waals surface area contributed by atoms with Crippen LogP contribution in [-0.4, -0.2) is 5.33 Å². The largest absolute Gasteiger partial charge is 0.115 e. The summed E-state index contributed by atoms with van der Waals surface area (Å²) in [7, 11) is 0. The zero-order chi connectivity index (χ0) is 8.10. The first-order valence-corrected chi connectivity index (χ1v) is 4.61. The van der Waals surface area contributed by atoms with Gasteiger partial charge in [0, 0.05) is 10.9 Å². The molecule has 0 spiro atoms. The van der Waals surface area contributed by atoms with E-state index in [2.05, 4.69) is 27.9 Å². The number of aryl methyl sites for hydroxylation is 1. The minimum atomic E-state index is 0.964. The lowest BCUT2D eigenvalue weighted by molar-refractivity contribution is 1.16. The molecule has 0 aromatic heterocycles. The number of halogens is 1. The molecule has 1 heteroatoms. The van der Waals surface area contributed by atoms with Crippen LogP contribution >= 0.6 is 15.9 Å². The van der Waals surface area contributed by atoms with E-state index < -0.39 is 0 Å². The maximum Gasteiger partial charge on any atom is 0.0274 e. The van der Waals surface area contributed by atoms with Gasteiger partial charge in [-0.15, -0.1) is 6.42 Å². The molecule has 11 heavy (non-hydrogen) atoms. The maximum absolute atomic E-state index is 5.32. The number of benzene rings is 1. The van der Waals surface area contributed by atoms with Crippen molar-refractivity contribution in [2.24, 2.45) is 0 Å². The van der Waals surface area contributed by atoms with E-state index in [4.69, 9.17) is 6.42 Å². The normalized spacial score (nSPS) is 9.09. The molecule has 0 amide bonds. The molecular weight excluding hydrogens is 200 g/mol. The number of terminal acetylenes is 1. The second kappa shape index (κ2) is 4.20. The molecule has 0 saturated heterocycles. The summed E-state index contributed by atoms with van der Waals surface area (Å²) >= 11 is 3.38. The molecule has 56 valence electrons. The summed E-state index contributed by atoms with van der Waals surface area (Å²) < 4.78 is 0. The summed E-state index contributed by atoms with van der Waals surface area (Å²) in [6.45, 7) is 0. The van der Waals surface area contributed by atoms with Crippen LogP contribution < -0.4 is 0 Å². The predicted molar refractivity (Wildman–Crippen MR) is 51.9 cm³/mol. The molecule has 0 unspecified atom stereocenters. The topological polar surface area (TPSA) is 0 Å². The summed E-state index contributed by atoms with van der Waals surface area (Å²) in [6.07, 6.45) is 6.32. The Morgan fingerprint density at radius 3 is 2.73 bits per heavy atom. The Balaban J connectivity index is 2.95. The van der Waals surface area contributed by atoms with Crippen molar-refractivity contribution in [3.05, 3.63) is 35.4 Å². The van der Waals surface area contributed by atoms with Crippen LogP contribution in [0.15, 0.2) is 24.3 Å². The predicted octanol–water partition coefficient (Wildman–Crippen LogP) is 2.61. The van der Waals surface area contributed by atoms with E-state index in [0.717, 1.165) is 17.3 Å². The van der Waals surface area contributed by atoms with E-state index in [1.165, 1.54) is 5.56 Å². The van der Waals surface area contributed by atoms with Crippen LogP contribution in [0.25, 0.3) is 0 Å². The Hall–Kier alpha value is -0.740. The fourth-order valence-electron chi connectivity index (χ4n) is 0.981.